The lowest BCUT2D eigenvalue weighted by Gasteiger charge is -2.21. The summed E-state index contributed by atoms with van der Waals surface area (Å²) >= 11 is 0. The SMILES string of the molecule is O=C(NCc1ccc(OC(F)(F)F)cc1)[C@@H]1CCCNC1. The number of hydrogen-bond donors (Lipinski definition) is 2. The van der Waals surface area contributed by atoms with Crippen molar-refractivity contribution in [1.82, 2.24) is 10.6 Å². The normalized spacial score (nSPS) is 19.1. The molecule has 0 radical (unpaired) electrons. The number of nitrogens with one attached hydrogen (secondary N) is 2. The van der Waals surface area contributed by atoms with E-state index in [4.69, 9.17) is 0 Å². The van der Waals surface area contributed by atoms with Gasteiger partial charge in [0, 0.05) is 13.1 Å². The molecule has 1 aromatic carbocycles. The molecular formula is C14H17F3N2O2. The minimum atomic E-state index is -4.69. The summed E-state index contributed by atoms with van der Waals surface area (Å²) in [5.74, 6) is -0.335. The van der Waals surface area contributed by atoms with Crippen LogP contribution in [0.5, 0.6) is 5.75 Å². The van der Waals surface area contributed by atoms with E-state index < -0.39 is 6.36 Å². The van der Waals surface area contributed by atoms with Gasteiger partial charge in [0.15, 0.2) is 0 Å². The molecule has 0 bridgehead atoms. The highest BCUT2D eigenvalue weighted by atomic mass is 19.4. The van der Waals surface area contributed by atoms with Crippen LogP contribution in [0.3, 0.4) is 0 Å². The fourth-order valence-corrected chi connectivity index (χ4v) is 2.22. The molecule has 1 aliphatic rings. The van der Waals surface area contributed by atoms with Gasteiger partial charge in [0.05, 0.1) is 5.92 Å². The molecule has 1 aliphatic heterocycles. The largest absolute Gasteiger partial charge is 0.573 e. The molecule has 0 aromatic heterocycles. The molecule has 0 aliphatic carbocycles. The van der Waals surface area contributed by atoms with Crippen molar-refractivity contribution >= 4 is 5.91 Å². The standard InChI is InChI=1S/C14H17F3N2O2/c15-14(16,17)21-12-5-3-10(4-6-12)8-19-13(20)11-2-1-7-18-9-11/h3-6,11,18H,1-2,7-9H2,(H,19,20)/t11-/m1/s1. The van der Waals surface area contributed by atoms with Crippen molar-refractivity contribution in [2.75, 3.05) is 13.1 Å². The molecule has 0 unspecified atom stereocenters. The average molecular weight is 302 g/mol. The third kappa shape index (κ3) is 5.26. The Morgan fingerprint density at radius 1 is 1.33 bits per heavy atom. The molecule has 116 valence electrons. The summed E-state index contributed by atoms with van der Waals surface area (Å²) in [5.41, 5.74) is 0.724. The highest BCUT2D eigenvalue weighted by molar-refractivity contribution is 5.78. The Morgan fingerprint density at radius 2 is 2.05 bits per heavy atom. The van der Waals surface area contributed by atoms with Gasteiger partial charge in [-0.25, -0.2) is 0 Å². The third-order valence-corrected chi connectivity index (χ3v) is 3.29. The quantitative estimate of drug-likeness (QED) is 0.896. The van der Waals surface area contributed by atoms with Crippen LogP contribution in [-0.4, -0.2) is 25.4 Å². The third-order valence-electron chi connectivity index (χ3n) is 3.29. The van der Waals surface area contributed by atoms with Crippen molar-refractivity contribution in [3.8, 4) is 5.75 Å². The first-order valence-corrected chi connectivity index (χ1v) is 6.77. The molecule has 2 N–H and O–H groups in total. The van der Waals surface area contributed by atoms with Crippen LogP contribution in [0.1, 0.15) is 18.4 Å². The first kappa shape index (κ1) is 15.6. The molecule has 21 heavy (non-hydrogen) atoms. The molecular weight excluding hydrogens is 285 g/mol. The predicted molar refractivity (Wildman–Crippen MR) is 70.6 cm³/mol. The monoisotopic (exact) mass is 302 g/mol. The van der Waals surface area contributed by atoms with E-state index in [1.165, 1.54) is 24.3 Å². The zero-order chi connectivity index (χ0) is 15.3. The highest BCUT2D eigenvalue weighted by Crippen LogP contribution is 2.22. The van der Waals surface area contributed by atoms with E-state index in [0.29, 0.717) is 13.1 Å². The second-order valence-corrected chi connectivity index (χ2v) is 4.95. The van der Waals surface area contributed by atoms with E-state index in [2.05, 4.69) is 15.4 Å². The maximum atomic E-state index is 12.0. The summed E-state index contributed by atoms with van der Waals surface area (Å²) in [7, 11) is 0. The molecule has 1 aromatic rings. The Hall–Kier alpha value is -1.76. The fraction of sp³-hybridized carbons (Fsp3) is 0.500. The Labute approximate surface area is 120 Å². The van der Waals surface area contributed by atoms with Crippen molar-refractivity contribution in [3.05, 3.63) is 29.8 Å². The van der Waals surface area contributed by atoms with Gasteiger partial charge < -0.3 is 15.4 Å². The van der Waals surface area contributed by atoms with Gasteiger partial charge in [0.2, 0.25) is 5.91 Å². The Morgan fingerprint density at radius 3 is 2.62 bits per heavy atom. The lowest BCUT2D eigenvalue weighted by atomic mass is 9.99. The molecule has 1 fully saturated rings. The first-order valence-electron chi connectivity index (χ1n) is 6.77. The Kier molecular flexibility index (Phi) is 5.06. The molecule has 4 nitrogen and oxygen atoms in total. The maximum absolute atomic E-state index is 12.0. The average Bonchev–Trinajstić information content (AvgIpc) is 2.45. The number of ether oxygens (including phenoxy) is 1. The number of alkyl halides is 3. The van der Waals surface area contributed by atoms with Gasteiger partial charge in [0.25, 0.3) is 0 Å². The van der Waals surface area contributed by atoms with Gasteiger partial charge in [-0.15, -0.1) is 13.2 Å². The fourth-order valence-electron chi connectivity index (χ4n) is 2.22. The van der Waals surface area contributed by atoms with Gasteiger partial charge in [-0.1, -0.05) is 12.1 Å². The van der Waals surface area contributed by atoms with Crippen molar-refractivity contribution in [2.45, 2.75) is 25.7 Å². The zero-order valence-electron chi connectivity index (χ0n) is 11.4. The van der Waals surface area contributed by atoms with E-state index >= 15 is 0 Å². The number of piperidine rings is 1. The smallest absolute Gasteiger partial charge is 0.406 e. The Balaban J connectivity index is 1.81. The first-order chi connectivity index (χ1) is 9.94. The zero-order valence-corrected chi connectivity index (χ0v) is 11.4. The van der Waals surface area contributed by atoms with E-state index in [1.54, 1.807) is 0 Å². The summed E-state index contributed by atoms with van der Waals surface area (Å²) in [6.45, 7) is 1.90. The van der Waals surface area contributed by atoms with E-state index in [-0.39, 0.29) is 17.6 Å². The van der Waals surface area contributed by atoms with Crippen LogP contribution >= 0.6 is 0 Å². The van der Waals surface area contributed by atoms with Gasteiger partial charge >= 0.3 is 6.36 Å². The predicted octanol–water partition coefficient (Wildman–Crippen LogP) is 2.20. The highest BCUT2D eigenvalue weighted by Gasteiger charge is 2.30. The maximum Gasteiger partial charge on any atom is 0.573 e. The van der Waals surface area contributed by atoms with E-state index in [0.717, 1.165) is 24.9 Å². The topological polar surface area (TPSA) is 50.4 Å². The number of carbonyl (C=O) groups is 1. The molecule has 1 saturated heterocycles. The van der Waals surface area contributed by atoms with Crippen molar-refractivity contribution in [3.63, 3.8) is 0 Å². The van der Waals surface area contributed by atoms with E-state index in [1.807, 2.05) is 0 Å². The van der Waals surface area contributed by atoms with Crippen molar-refractivity contribution in [2.24, 2.45) is 5.92 Å². The van der Waals surface area contributed by atoms with Gasteiger partial charge in [-0.05, 0) is 37.1 Å². The number of amides is 1. The minimum Gasteiger partial charge on any atom is -0.406 e. The van der Waals surface area contributed by atoms with Crippen molar-refractivity contribution in [1.29, 1.82) is 0 Å². The summed E-state index contributed by atoms with van der Waals surface area (Å²) in [5, 5.41) is 5.95. The second-order valence-electron chi connectivity index (χ2n) is 4.95. The molecule has 0 spiro atoms. The van der Waals surface area contributed by atoms with Gasteiger partial charge in [-0.3, -0.25) is 4.79 Å². The lowest BCUT2D eigenvalue weighted by Crippen LogP contribution is -2.40. The van der Waals surface area contributed by atoms with Crippen LogP contribution in [0.15, 0.2) is 24.3 Å². The number of rotatable bonds is 4. The number of hydrogen-bond acceptors (Lipinski definition) is 3. The summed E-state index contributed by atoms with van der Waals surface area (Å²) < 4.78 is 39.8. The van der Waals surface area contributed by atoms with Crippen LogP contribution in [0, 0.1) is 5.92 Å². The number of carbonyl (C=O) groups excluding carboxylic acids is 1. The lowest BCUT2D eigenvalue weighted by molar-refractivity contribution is -0.274. The Bertz CT molecular complexity index is 468. The minimum absolute atomic E-state index is 0.0298. The van der Waals surface area contributed by atoms with Gasteiger partial charge in [0.1, 0.15) is 5.75 Å². The van der Waals surface area contributed by atoms with Crippen LogP contribution in [0.2, 0.25) is 0 Å². The summed E-state index contributed by atoms with van der Waals surface area (Å²) in [4.78, 5) is 11.9. The molecule has 1 atom stereocenters. The van der Waals surface area contributed by atoms with Crippen LogP contribution in [0.4, 0.5) is 13.2 Å². The summed E-state index contributed by atoms with van der Waals surface area (Å²) in [6.07, 6.45) is -2.86. The van der Waals surface area contributed by atoms with Gasteiger partial charge in [-0.2, -0.15) is 0 Å². The van der Waals surface area contributed by atoms with Crippen LogP contribution < -0.4 is 15.4 Å². The summed E-state index contributed by atoms with van der Waals surface area (Å²) in [6, 6.07) is 5.47. The molecule has 1 amide bonds. The van der Waals surface area contributed by atoms with E-state index in [9.17, 15) is 18.0 Å². The number of halogens is 3. The number of benzene rings is 1. The molecule has 2 rings (SSSR count). The van der Waals surface area contributed by atoms with Crippen molar-refractivity contribution < 1.29 is 22.7 Å². The van der Waals surface area contributed by atoms with Crippen LogP contribution in [-0.2, 0) is 11.3 Å². The second kappa shape index (κ2) is 6.80. The molecule has 0 saturated carbocycles. The molecule has 7 heteroatoms. The van der Waals surface area contributed by atoms with Crippen LogP contribution in [0.25, 0.3) is 0 Å². The molecule has 1 heterocycles.